The number of ether oxygens (including phenoxy) is 1. The number of hydrogen-bond donors (Lipinski definition) is 2. The molecule has 3 aromatic rings. The molecule has 0 bridgehead atoms. The molecule has 0 saturated carbocycles. The summed E-state index contributed by atoms with van der Waals surface area (Å²) in [6, 6.07) is 23.7. The molecule has 2 N–H and O–H groups in total. The maximum atomic E-state index is 12.4. The molecule has 0 atom stereocenters. The van der Waals surface area contributed by atoms with Crippen molar-refractivity contribution in [3.63, 3.8) is 0 Å². The number of carbonyl (C=O) groups is 1. The third-order valence-electron chi connectivity index (χ3n) is 4.08. The van der Waals surface area contributed by atoms with Crippen molar-refractivity contribution < 1.29 is 17.9 Å². The molecule has 0 spiro atoms. The molecule has 0 aliphatic heterocycles. The first-order valence-corrected chi connectivity index (χ1v) is 10.9. The summed E-state index contributed by atoms with van der Waals surface area (Å²) >= 11 is 0. The number of nitrogens with one attached hydrogen (secondary N) is 2. The third kappa shape index (κ3) is 6.36. The van der Waals surface area contributed by atoms with Gasteiger partial charge in [0.1, 0.15) is 11.5 Å². The van der Waals surface area contributed by atoms with Crippen molar-refractivity contribution in [3.8, 4) is 11.5 Å². The minimum Gasteiger partial charge on any atom is -0.457 e. The molecule has 150 valence electrons. The van der Waals surface area contributed by atoms with E-state index in [1.165, 1.54) is 0 Å². The fraction of sp³-hybridized carbons (Fsp3) is 0.136. The van der Waals surface area contributed by atoms with E-state index in [2.05, 4.69) is 10.0 Å². The minimum absolute atomic E-state index is 0.0560. The molecule has 0 aromatic heterocycles. The molecule has 0 saturated heterocycles. The number of sulfonamides is 1. The number of anilines is 1. The molecule has 6 nitrogen and oxygen atoms in total. The van der Waals surface area contributed by atoms with Gasteiger partial charge in [-0.05, 0) is 29.8 Å². The largest absolute Gasteiger partial charge is 0.457 e. The molecule has 7 heteroatoms. The lowest BCUT2D eigenvalue weighted by molar-refractivity contribution is -0.120. The van der Waals surface area contributed by atoms with Gasteiger partial charge in [0, 0.05) is 12.1 Å². The lowest BCUT2D eigenvalue weighted by Crippen LogP contribution is -2.25. The number of carbonyl (C=O) groups excluding carboxylic acids is 1. The van der Waals surface area contributed by atoms with Crippen LogP contribution in [-0.4, -0.2) is 20.6 Å². The Morgan fingerprint density at radius 2 is 1.48 bits per heavy atom. The second-order valence-corrected chi connectivity index (χ2v) is 8.26. The lowest BCUT2D eigenvalue weighted by atomic mass is 10.1. The molecule has 0 fully saturated rings. The zero-order valence-electron chi connectivity index (χ0n) is 16.0. The highest BCUT2D eigenvalue weighted by molar-refractivity contribution is 7.92. The minimum atomic E-state index is -3.42. The topological polar surface area (TPSA) is 84.5 Å². The molecule has 29 heavy (non-hydrogen) atoms. The SMILES string of the molecule is CS(=O)(=O)Nc1ccccc1CC(=O)NCc1ccccc1Oc1ccccc1. The Morgan fingerprint density at radius 3 is 2.21 bits per heavy atom. The summed E-state index contributed by atoms with van der Waals surface area (Å²) in [7, 11) is -3.42. The Hall–Kier alpha value is -3.32. The lowest BCUT2D eigenvalue weighted by Gasteiger charge is -2.13. The van der Waals surface area contributed by atoms with Gasteiger partial charge in [-0.1, -0.05) is 54.6 Å². The van der Waals surface area contributed by atoms with Crippen LogP contribution in [0.3, 0.4) is 0 Å². The van der Waals surface area contributed by atoms with Gasteiger partial charge in [0.05, 0.1) is 18.4 Å². The van der Waals surface area contributed by atoms with Gasteiger partial charge in [0.2, 0.25) is 15.9 Å². The van der Waals surface area contributed by atoms with Crippen molar-refractivity contribution in [2.75, 3.05) is 11.0 Å². The fourth-order valence-electron chi connectivity index (χ4n) is 2.77. The maximum absolute atomic E-state index is 12.4. The van der Waals surface area contributed by atoms with Crippen LogP contribution in [0.2, 0.25) is 0 Å². The van der Waals surface area contributed by atoms with E-state index in [1.807, 2.05) is 54.6 Å². The predicted octanol–water partition coefficient (Wildman–Crippen LogP) is 3.71. The molecule has 0 heterocycles. The Balaban J connectivity index is 1.65. The summed E-state index contributed by atoms with van der Waals surface area (Å²) in [5.74, 6) is 1.16. The Morgan fingerprint density at radius 1 is 0.862 bits per heavy atom. The van der Waals surface area contributed by atoms with Crippen LogP contribution < -0.4 is 14.8 Å². The normalized spacial score (nSPS) is 10.9. The van der Waals surface area contributed by atoms with Crippen LogP contribution in [0.5, 0.6) is 11.5 Å². The van der Waals surface area contributed by atoms with Crippen molar-refractivity contribution in [2.45, 2.75) is 13.0 Å². The molecular formula is C22H22N2O4S. The van der Waals surface area contributed by atoms with Crippen molar-refractivity contribution in [2.24, 2.45) is 0 Å². The van der Waals surface area contributed by atoms with Crippen molar-refractivity contribution in [3.05, 3.63) is 90.0 Å². The highest BCUT2D eigenvalue weighted by Gasteiger charge is 2.12. The van der Waals surface area contributed by atoms with Crippen LogP contribution in [-0.2, 0) is 27.8 Å². The summed E-state index contributed by atoms with van der Waals surface area (Å²) in [6.07, 6.45) is 1.13. The van der Waals surface area contributed by atoms with Crippen LogP contribution in [0.15, 0.2) is 78.9 Å². The Bertz CT molecular complexity index is 1080. The third-order valence-corrected chi connectivity index (χ3v) is 4.67. The highest BCUT2D eigenvalue weighted by atomic mass is 32.2. The van der Waals surface area contributed by atoms with Crippen LogP contribution in [0.1, 0.15) is 11.1 Å². The van der Waals surface area contributed by atoms with E-state index < -0.39 is 10.0 Å². The van der Waals surface area contributed by atoms with E-state index in [0.717, 1.165) is 11.8 Å². The van der Waals surface area contributed by atoms with Gasteiger partial charge in [-0.25, -0.2) is 8.42 Å². The number of amides is 1. The van der Waals surface area contributed by atoms with Crippen LogP contribution in [0, 0.1) is 0 Å². The van der Waals surface area contributed by atoms with Gasteiger partial charge in [0.25, 0.3) is 0 Å². The molecule has 0 aliphatic carbocycles. The summed E-state index contributed by atoms with van der Waals surface area (Å²) < 4.78 is 31.4. The first-order chi connectivity index (χ1) is 13.9. The average Bonchev–Trinajstić information content (AvgIpc) is 2.68. The van der Waals surface area contributed by atoms with Crippen LogP contribution in [0.25, 0.3) is 0 Å². The Labute approximate surface area is 170 Å². The van der Waals surface area contributed by atoms with E-state index >= 15 is 0 Å². The van der Waals surface area contributed by atoms with Crippen LogP contribution >= 0.6 is 0 Å². The summed E-state index contributed by atoms with van der Waals surface area (Å²) in [5.41, 5.74) is 1.84. The first kappa shape index (κ1) is 20.4. The number of rotatable bonds is 8. The van der Waals surface area contributed by atoms with Gasteiger partial charge in [0.15, 0.2) is 0 Å². The molecule has 0 unspecified atom stereocenters. The van der Waals surface area contributed by atoms with Crippen molar-refractivity contribution in [1.82, 2.24) is 5.32 Å². The molecule has 3 rings (SSSR count). The van der Waals surface area contributed by atoms with Gasteiger partial charge >= 0.3 is 0 Å². The number of benzene rings is 3. The van der Waals surface area contributed by atoms with Gasteiger partial charge in [-0.2, -0.15) is 0 Å². The quantitative estimate of drug-likeness (QED) is 0.593. The van der Waals surface area contributed by atoms with E-state index in [0.29, 0.717) is 29.3 Å². The fourth-order valence-corrected chi connectivity index (χ4v) is 3.37. The standard InChI is InChI=1S/C22H22N2O4S/c1-29(26,27)24-20-13-7-5-9-17(20)15-22(25)23-16-18-10-6-8-14-21(18)28-19-11-3-2-4-12-19/h2-14,24H,15-16H2,1H3,(H,23,25). The maximum Gasteiger partial charge on any atom is 0.229 e. The second kappa shape index (κ2) is 9.25. The summed E-state index contributed by atoms with van der Waals surface area (Å²) in [5, 5.41) is 2.87. The first-order valence-electron chi connectivity index (χ1n) is 9.04. The van der Waals surface area contributed by atoms with Crippen LogP contribution in [0.4, 0.5) is 5.69 Å². The predicted molar refractivity (Wildman–Crippen MR) is 113 cm³/mol. The molecular weight excluding hydrogens is 388 g/mol. The molecule has 1 amide bonds. The Kier molecular flexibility index (Phi) is 6.51. The zero-order chi connectivity index (χ0) is 20.7. The van der Waals surface area contributed by atoms with Crippen molar-refractivity contribution in [1.29, 1.82) is 0 Å². The smallest absolute Gasteiger partial charge is 0.229 e. The summed E-state index contributed by atoms with van der Waals surface area (Å²) in [6.45, 7) is 0.295. The average molecular weight is 410 g/mol. The number of para-hydroxylation sites is 3. The second-order valence-electron chi connectivity index (χ2n) is 6.51. The monoisotopic (exact) mass is 410 g/mol. The molecule has 3 aromatic carbocycles. The highest BCUT2D eigenvalue weighted by Crippen LogP contribution is 2.25. The summed E-state index contributed by atoms with van der Waals surface area (Å²) in [4.78, 5) is 12.4. The van der Waals surface area contributed by atoms with Gasteiger partial charge < -0.3 is 10.1 Å². The molecule has 0 aliphatic rings. The van der Waals surface area contributed by atoms with Gasteiger partial charge in [-0.15, -0.1) is 0 Å². The van der Waals surface area contributed by atoms with E-state index in [1.54, 1.807) is 24.3 Å². The molecule has 0 radical (unpaired) electrons. The van der Waals surface area contributed by atoms with E-state index in [9.17, 15) is 13.2 Å². The van der Waals surface area contributed by atoms with E-state index in [4.69, 9.17) is 4.74 Å². The van der Waals surface area contributed by atoms with E-state index in [-0.39, 0.29) is 12.3 Å². The van der Waals surface area contributed by atoms with Crippen molar-refractivity contribution >= 4 is 21.6 Å². The zero-order valence-corrected chi connectivity index (χ0v) is 16.8. The number of hydrogen-bond acceptors (Lipinski definition) is 4. The van der Waals surface area contributed by atoms with Gasteiger partial charge in [-0.3, -0.25) is 9.52 Å².